The third kappa shape index (κ3) is 5.02. The van der Waals surface area contributed by atoms with Crippen molar-refractivity contribution in [1.29, 1.82) is 0 Å². The topological polar surface area (TPSA) is 76.6 Å². The van der Waals surface area contributed by atoms with Crippen molar-refractivity contribution in [2.75, 3.05) is 0 Å². The van der Waals surface area contributed by atoms with E-state index in [2.05, 4.69) is 10.3 Å². The van der Waals surface area contributed by atoms with Crippen LogP contribution < -0.4 is 10.1 Å². The number of amides is 2. The van der Waals surface area contributed by atoms with Crippen LogP contribution in [0.5, 0.6) is 0 Å². The van der Waals surface area contributed by atoms with Gasteiger partial charge < -0.3 is 14.3 Å². The lowest BCUT2D eigenvalue weighted by Gasteiger charge is -2.18. The predicted octanol–water partition coefficient (Wildman–Crippen LogP) is 4.44. The second kappa shape index (κ2) is 9.59. The summed E-state index contributed by atoms with van der Waals surface area (Å²) in [5, 5.41) is 5.15. The molecule has 8 heteroatoms. The highest BCUT2D eigenvalue weighted by Crippen LogP contribution is 2.18. The van der Waals surface area contributed by atoms with E-state index in [9.17, 15) is 9.59 Å². The summed E-state index contributed by atoms with van der Waals surface area (Å²) < 4.78 is 7.00. The molecule has 1 N–H and O–H groups in total. The fourth-order valence-corrected chi connectivity index (χ4v) is 4.02. The van der Waals surface area contributed by atoms with Crippen LogP contribution in [0.15, 0.2) is 94.0 Å². The van der Waals surface area contributed by atoms with Gasteiger partial charge in [-0.2, -0.15) is 4.99 Å². The van der Waals surface area contributed by atoms with Crippen molar-refractivity contribution >= 4 is 34.8 Å². The monoisotopic (exact) mass is 451 g/mol. The summed E-state index contributed by atoms with van der Waals surface area (Å²) in [6.45, 7) is 0.258. The smallest absolute Gasteiger partial charge is 0.279 e. The van der Waals surface area contributed by atoms with E-state index in [1.54, 1.807) is 58.8 Å². The van der Waals surface area contributed by atoms with Crippen molar-refractivity contribution in [3.05, 3.63) is 111 Å². The molecule has 0 spiro atoms. The summed E-state index contributed by atoms with van der Waals surface area (Å²) in [5.74, 6) is -0.0179. The summed E-state index contributed by atoms with van der Waals surface area (Å²) >= 11 is 7.27. The molecule has 4 rings (SSSR count). The highest BCUT2D eigenvalue weighted by Gasteiger charge is 2.23. The second-order valence-corrected chi connectivity index (χ2v) is 7.94. The minimum Gasteiger partial charge on any atom is -0.467 e. The van der Waals surface area contributed by atoms with Gasteiger partial charge in [-0.3, -0.25) is 9.59 Å². The lowest BCUT2D eigenvalue weighted by atomic mass is 10.1. The molecule has 1 atom stereocenters. The normalized spacial score (nSPS) is 12.5. The first kappa shape index (κ1) is 20.8. The summed E-state index contributed by atoms with van der Waals surface area (Å²) in [6, 6.07) is 18.8. The number of carbonyl (C=O) groups excluding carboxylic acids is 2. The molecule has 0 fully saturated rings. The number of furan rings is 1. The lowest BCUT2D eigenvalue weighted by Crippen LogP contribution is -2.36. The highest BCUT2D eigenvalue weighted by atomic mass is 35.5. The van der Waals surface area contributed by atoms with E-state index in [1.165, 1.54) is 11.3 Å². The standard InChI is InChI=1S/C23H18ClN3O3S/c24-18-9-4-8-17(14-18)21(28)26-23-27(11-13-31-23)20(16-6-2-1-3-7-16)22(29)25-15-19-10-5-12-30-19/h1-14,20H,15H2,(H,25,29). The Labute approximate surface area is 187 Å². The van der Waals surface area contributed by atoms with Crippen molar-refractivity contribution in [2.24, 2.45) is 4.99 Å². The van der Waals surface area contributed by atoms with Gasteiger partial charge in [0.1, 0.15) is 11.8 Å². The maximum Gasteiger partial charge on any atom is 0.279 e. The minimum atomic E-state index is -0.701. The molecule has 156 valence electrons. The maximum absolute atomic E-state index is 13.2. The van der Waals surface area contributed by atoms with Crippen LogP contribution in [0.4, 0.5) is 0 Å². The average molecular weight is 452 g/mol. The molecule has 2 aromatic carbocycles. The van der Waals surface area contributed by atoms with E-state index < -0.39 is 11.9 Å². The lowest BCUT2D eigenvalue weighted by molar-refractivity contribution is -0.123. The number of thiazole rings is 1. The molecule has 4 aromatic rings. The maximum atomic E-state index is 13.2. The van der Waals surface area contributed by atoms with Crippen molar-refractivity contribution in [3.8, 4) is 0 Å². The minimum absolute atomic E-state index is 0.238. The van der Waals surface area contributed by atoms with E-state index in [1.807, 2.05) is 30.3 Å². The summed E-state index contributed by atoms with van der Waals surface area (Å²) in [5.41, 5.74) is 1.15. The quantitative estimate of drug-likeness (QED) is 0.470. The predicted molar refractivity (Wildman–Crippen MR) is 119 cm³/mol. The highest BCUT2D eigenvalue weighted by molar-refractivity contribution is 7.07. The fraction of sp³-hybridized carbons (Fsp3) is 0.0870. The van der Waals surface area contributed by atoms with Gasteiger partial charge in [-0.1, -0.05) is 48.0 Å². The first-order chi connectivity index (χ1) is 15.1. The Hall–Kier alpha value is -3.42. The SMILES string of the molecule is O=C(N=c1sccn1C(C(=O)NCc1ccco1)c1ccccc1)c1cccc(Cl)c1. The van der Waals surface area contributed by atoms with Crippen LogP contribution in [0.25, 0.3) is 0 Å². The molecule has 1 unspecified atom stereocenters. The van der Waals surface area contributed by atoms with Crippen LogP contribution in [-0.2, 0) is 11.3 Å². The molecule has 0 radical (unpaired) electrons. The molecule has 0 aliphatic heterocycles. The Kier molecular flexibility index (Phi) is 6.45. The molecular weight excluding hydrogens is 434 g/mol. The van der Waals surface area contributed by atoms with Crippen LogP contribution in [0, 0.1) is 0 Å². The van der Waals surface area contributed by atoms with Gasteiger partial charge in [0.05, 0.1) is 12.8 Å². The van der Waals surface area contributed by atoms with Crippen LogP contribution >= 0.6 is 22.9 Å². The zero-order valence-electron chi connectivity index (χ0n) is 16.3. The van der Waals surface area contributed by atoms with Crippen molar-refractivity contribution in [3.63, 3.8) is 0 Å². The first-order valence-electron chi connectivity index (χ1n) is 9.47. The van der Waals surface area contributed by atoms with Crippen molar-refractivity contribution in [2.45, 2.75) is 12.6 Å². The number of halogens is 1. The zero-order chi connectivity index (χ0) is 21.6. The van der Waals surface area contributed by atoms with E-state index >= 15 is 0 Å². The number of hydrogen-bond donors (Lipinski definition) is 1. The van der Waals surface area contributed by atoms with Gasteiger partial charge in [-0.25, -0.2) is 0 Å². The third-order valence-corrected chi connectivity index (χ3v) is 5.55. The van der Waals surface area contributed by atoms with Crippen molar-refractivity contribution < 1.29 is 14.0 Å². The molecule has 2 aromatic heterocycles. The Morgan fingerprint density at radius 2 is 1.94 bits per heavy atom. The molecule has 6 nitrogen and oxygen atoms in total. The van der Waals surface area contributed by atoms with Crippen molar-refractivity contribution in [1.82, 2.24) is 9.88 Å². The Morgan fingerprint density at radius 3 is 2.68 bits per heavy atom. The number of aromatic nitrogens is 1. The number of rotatable bonds is 6. The van der Waals surface area contributed by atoms with Crippen LogP contribution in [0.2, 0.25) is 5.02 Å². The van der Waals surface area contributed by atoms with E-state index in [0.29, 0.717) is 21.1 Å². The molecular formula is C23H18ClN3O3S. The number of carbonyl (C=O) groups is 2. The molecule has 0 aliphatic rings. The van der Waals surface area contributed by atoms with E-state index in [4.69, 9.17) is 16.0 Å². The molecule has 2 amide bonds. The first-order valence-corrected chi connectivity index (χ1v) is 10.7. The summed E-state index contributed by atoms with van der Waals surface area (Å²) in [4.78, 5) is 30.5. The van der Waals surface area contributed by atoms with Crippen LogP contribution in [0.3, 0.4) is 0 Å². The van der Waals surface area contributed by atoms with Crippen LogP contribution in [-0.4, -0.2) is 16.4 Å². The van der Waals surface area contributed by atoms with Gasteiger partial charge in [0.15, 0.2) is 4.80 Å². The molecule has 0 aliphatic carbocycles. The number of benzene rings is 2. The summed E-state index contributed by atoms with van der Waals surface area (Å²) in [7, 11) is 0. The van der Waals surface area contributed by atoms with E-state index in [0.717, 1.165) is 5.56 Å². The zero-order valence-corrected chi connectivity index (χ0v) is 17.8. The van der Waals surface area contributed by atoms with Gasteiger partial charge in [-0.05, 0) is 35.9 Å². The number of nitrogens with one attached hydrogen (secondary N) is 1. The Bertz CT molecular complexity index is 1250. The second-order valence-electron chi connectivity index (χ2n) is 6.63. The van der Waals surface area contributed by atoms with Gasteiger partial charge in [0.25, 0.3) is 5.91 Å². The van der Waals surface area contributed by atoms with Gasteiger partial charge in [0.2, 0.25) is 5.91 Å². The summed E-state index contributed by atoms with van der Waals surface area (Å²) in [6.07, 6.45) is 3.31. The third-order valence-electron chi connectivity index (χ3n) is 4.54. The van der Waals surface area contributed by atoms with Crippen LogP contribution in [0.1, 0.15) is 27.7 Å². The van der Waals surface area contributed by atoms with Gasteiger partial charge in [0, 0.05) is 22.2 Å². The molecule has 0 saturated heterocycles. The average Bonchev–Trinajstić information content (AvgIpc) is 3.46. The van der Waals surface area contributed by atoms with Gasteiger partial charge >= 0.3 is 0 Å². The number of nitrogens with zero attached hydrogens (tertiary/aromatic N) is 2. The molecule has 31 heavy (non-hydrogen) atoms. The largest absolute Gasteiger partial charge is 0.467 e. The molecule has 0 saturated carbocycles. The molecule has 0 bridgehead atoms. The van der Waals surface area contributed by atoms with Gasteiger partial charge in [-0.15, -0.1) is 11.3 Å². The molecule has 2 heterocycles. The Morgan fingerprint density at radius 1 is 1.10 bits per heavy atom. The fourth-order valence-electron chi connectivity index (χ4n) is 3.09. The number of hydrogen-bond acceptors (Lipinski definition) is 4. The van der Waals surface area contributed by atoms with E-state index in [-0.39, 0.29) is 12.5 Å². The Balaban J connectivity index is 1.69.